The van der Waals surface area contributed by atoms with Crippen LogP contribution < -0.4 is 0 Å². The molecule has 8 aliphatic rings. The fourth-order valence-electron chi connectivity index (χ4n) is 11.2. The van der Waals surface area contributed by atoms with E-state index in [4.69, 9.17) is 9.47 Å². The van der Waals surface area contributed by atoms with Gasteiger partial charge in [-0.3, -0.25) is 19.2 Å². The number of Topliss-reactive ketones (excluding diaryl/α,β-unsaturated/α-hetero) is 2. The normalized spacial score (nSPS) is 60.6. The van der Waals surface area contributed by atoms with Gasteiger partial charge in [0.1, 0.15) is 11.6 Å². The smallest absolute Gasteiger partial charge is 0.313 e. The van der Waals surface area contributed by atoms with E-state index < -0.39 is 10.8 Å². The van der Waals surface area contributed by atoms with Crippen LogP contribution in [0.5, 0.6) is 0 Å². The third-order valence-corrected chi connectivity index (χ3v) is 10.7. The number of ether oxygens (including phenoxy) is 2. The summed E-state index contributed by atoms with van der Waals surface area (Å²) >= 11 is 0. The van der Waals surface area contributed by atoms with Gasteiger partial charge < -0.3 is 9.47 Å². The zero-order valence-corrected chi connectivity index (χ0v) is 16.1. The number of rotatable bonds is 2. The van der Waals surface area contributed by atoms with E-state index in [0.29, 0.717) is 12.8 Å². The minimum atomic E-state index is -1.03. The van der Waals surface area contributed by atoms with Crippen molar-refractivity contribution in [2.75, 3.05) is 14.2 Å². The van der Waals surface area contributed by atoms with E-state index in [1.165, 1.54) is 14.2 Å². The summed E-state index contributed by atoms with van der Waals surface area (Å²) in [5.74, 6) is 0.217. The summed E-state index contributed by atoms with van der Waals surface area (Å²) in [7, 11) is 2.80. The van der Waals surface area contributed by atoms with Crippen LogP contribution in [-0.4, -0.2) is 37.7 Å². The van der Waals surface area contributed by atoms with E-state index in [0.717, 1.165) is 12.8 Å². The van der Waals surface area contributed by atoms with Gasteiger partial charge in [0.05, 0.1) is 25.0 Å². The molecule has 0 N–H and O–H groups in total. The zero-order valence-electron chi connectivity index (χ0n) is 16.1. The van der Waals surface area contributed by atoms with Crippen LogP contribution in [0, 0.1) is 70.0 Å². The molecule has 8 aliphatic carbocycles. The summed E-state index contributed by atoms with van der Waals surface area (Å²) in [5.41, 5.74) is -1.90. The van der Waals surface area contributed by atoms with Crippen molar-refractivity contribution >= 4 is 23.5 Å². The monoisotopic (exact) mass is 384 g/mol. The van der Waals surface area contributed by atoms with E-state index >= 15 is 0 Å². The van der Waals surface area contributed by atoms with Crippen LogP contribution in [-0.2, 0) is 28.7 Å². The Morgan fingerprint density at radius 2 is 1.14 bits per heavy atom. The summed E-state index contributed by atoms with van der Waals surface area (Å²) in [4.78, 5) is 52.8. The van der Waals surface area contributed by atoms with Crippen LogP contribution >= 0.6 is 0 Å². The van der Waals surface area contributed by atoms with Gasteiger partial charge in [0.2, 0.25) is 0 Å². The summed E-state index contributed by atoms with van der Waals surface area (Å²) in [5, 5.41) is 0. The first-order valence-electron chi connectivity index (χ1n) is 10.7. The van der Waals surface area contributed by atoms with Crippen LogP contribution in [0.2, 0.25) is 0 Å². The molecular weight excluding hydrogens is 360 g/mol. The number of carbonyl (C=O) groups is 4. The average molecular weight is 384 g/mol. The Morgan fingerprint density at radius 1 is 0.750 bits per heavy atom. The highest BCUT2D eigenvalue weighted by atomic mass is 16.5. The zero-order chi connectivity index (χ0) is 19.3. The second-order valence-corrected chi connectivity index (χ2v) is 10.4. The van der Waals surface area contributed by atoms with E-state index in [2.05, 4.69) is 0 Å². The minimum absolute atomic E-state index is 0.0448. The van der Waals surface area contributed by atoms with Gasteiger partial charge >= 0.3 is 11.9 Å². The number of ketones is 2. The van der Waals surface area contributed by atoms with Gasteiger partial charge in [-0.15, -0.1) is 0 Å². The minimum Gasteiger partial charge on any atom is -0.469 e. The number of hydrogen-bond acceptors (Lipinski definition) is 6. The first-order valence-corrected chi connectivity index (χ1v) is 10.7. The molecular formula is C22H24O6. The molecule has 148 valence electrons. The summed E-state index contributed by atoms with van der Waals surface area (Å²) in [6.45, 7) is 0. The number of carbonyl (C=O) groups excluding carboxylic acids is 4. The highest BCUT2D eigenvalue weighted by Gasteiger charge is 3.01. The summed E-state index contributed by atoms with van der Waals surface area (Å²) < 4.78 is 10.8. The number of esters is 2. The van der Waals surface area contributed by atoms with Crippen molar-refractivity contribution in [1.82, 2.24) is 0 Å². The number of fused-ring (bicyclic) bond motifs is 2. The van der Waals surface area contributed by atoms with Crippen molar-refractivity contribution in [1.29, 1.82) is 0 Å². The highest BCUT2D eigenvalue weighted by Crippen LogP contribution is 2.97. The molecule has 6 heteroatoms. The van der Waals surface area contributed by atoms with E-state index in [1.54, 1.807) is 0 Å². The maximum absolute atomic E-state index is 13.6. The Hall–Kier alpha value is -1.72. The Morgan fingerprint density at radius 3 is 1.54 bits per heavy atom. The van der Waals surface area contributed by atoms with Crippen molar-refractivity contribution in [2.24, 2.45) is 70.0 Å². The largest absolute Gasteiger partial charge is 0.469 e. The third kappa shape index (κ3) is 1.10. The molecule has 8 fully saturated rings. The van der Waals surface area contributed by atoms with Crippen LogP contribution in [0.25, 0.3) is 0 Å². The van der Waals surface area contributed by atoms with E-state index in [9.17, 15) is 19.2 Å². The van der Waals surface area contributed by atoms with Crippen molar-refractivity contribution in [3.05, 3.63) is 0 Å². The van der Waals surface area contributed by atoms with Gasteiger partial charge in [-0.25, -0.2) is 0 Å². The second-order valence-electron chi connectivity index (χ2n) is 10.4. The molecule has 0 amide bonds. The average Bonchev–Trinajstić information content (AvgIpc) is 3.49. The number of hydrogen-bond donors (Lipinski definition) is 0. The van der Waals surface area contributed by atoms with Gasteiger partial charge in [-0.2, -0.15) is 0 Å². The van der Waals surface area contributed by atoms with Crippen LogP contribution in [0.15, 0.2) is 0 Å². The Balaban J connectivity index is 1.55. The van der Waals surface area contributed by atoms with E-state index in [1.807, 2.05) is 0 Å². The first-order chi connectivity index (χ1) is 13.5. The SMILES string of the molecule is COC(=O)C12C3C4CCC(=O)C4C4C3C3C1C1CCC(=O)C1C3C42C(=O)OC. The van der Waals surface area contributed by atoms with Gasteiger partial charge in [-0.05, 0) is 60.2 Å². The fourth-order valence-corrected chi connectivity index (χ4v) is 11.2. The molecule has 0 saturated heterocycles. The second kappa shape index (κ2) is 4.39. The topological polar surface area (TPSA) is 86.7 Å². The van der Waals surface area contributed by atoms with Gasteiger partial charge in [0, 0.05) is 24.7 Å². The predicted octanol–water partition coefficient (Wildman–Crippen LogP) is 1.26. The molecule has 8 saturated carbocycles. The van der Waals surface area contributed by atoms with Gasteiger partial charge in [0.15, 0.2) is 0 Å². The standard InChI is InChI=1S/C22H24O6/c1-27-19(25)21-15-7-3-5-9(23)11(7)17-13(15)14-16(21)8-4-6-10(24)12(8)18(14)22(17,21)20(26)28-2/h7-8,11-18H,3-6H2,1-2H3. The maximum atomic E-state index is 13.6. The fraction of sp³-hybridized carbons (Fsp3) is 0.818. The molecule has 0 aromatic rings. The molecule has 10 unspecified atom stereocenters. The lowest BCUT2D eigenvalue weighted by atomic mass is 9.43. The molecule has 0 heterocycles. The molecule has 8 rings (SSSR count). The first kappa shape index (κ1) is 16.1. The van der Waals surface area contributed by atoms with Crippen molar-refractivity contribution < 1.29 is 28.7 Å². The molecule has 0 spiro atoms. The Kier molecular flexibility index (Phi) is 2.53. The lowest BCUT2D eigenvalue weighted by Crippen LogP contribution is -2.66. The molecule has 28 heavy (non-hydrogen) atoms. The molecule has 8 bridgehead atoms. The molecule has 0 aromatic carbocycles. The molecule has 6 nitrogen and oxygen atoms in total. The van der Waals surface area contributed by atoms with Crippen molar-refractivity contribution in [2.45, 2.75) is 25.7 Å². The van der Waals surface area contributed by atoms with Crippen LogP contribution in [0.1, 0.15) is 25.7 Å². The lowest BCUT2D eigenvalue weighted by molar-refractivity contribution is -0.208. The van der Waals surface area contributed by atoms with Crippen LogP contribution in [0.4, 0.5) is 0 Å². The lowest BCUT2D eigenvalue weighted by Gasteiger charge is -2.57. The Bertz CT molecular complexity index is 839. The summed E-state index contributed by atoms with van der Waals surface area (Å²) in [6, 6.07) is 0. The molecule has 0 aliphatic heterocycles. The molecule has 0 radical (unpaired) electrons. The number of methoxy groups -OCH3 is 2. The maximum Gasteiger partial charge on any atom is 0.313 e. The quantitative estimate of drug-likeness (QED) is 0.666. The van der Waals surface area contributed by atoms with Crippen LogP contribution in [0.3, 0.4) is 0 Å². The molecule has 0 aromatic heterocycles. The van der Waals surface area contributed by atoms with Gasteiger partial charge in [-0.1, -0.05) is 0 Å². The molecule has 10 atom stereocenters. The van der Waals surface area contributed by atoms with Crippen molar-refractivity contribution in [3.8, 4) is 0 Å². The highest BCUT2D eigenvalue weighted by molar-refractivity contribution is 5.99. The van der Waals surface area contributed by atoms with Gasteiger partial charge in [0.25, 0.3) is 0 Å². The Labute approximate surface area is 162 Å². The third-order valence-electron chi connectivity index (χ3n) is 10.7. The van der Waals surface area contributed by atoms with E-state index in [-0.39, 0.29) is 82.7 Å². The summed E-state index contributed by atoms with van der Waals surface area (Å²) in [6.07, 6.45) is 2.76. The van der Waals surface area contributed by atoms with Crippen molar-refractivity contribution in [3.63, 3.8) is 0 Å². The predicted molar refractivity (Wildman–Crippen MR) is 92.3 cm³/mol.